The number of rotatable bonds is 4. The normalized spacial score (nSPS) is 15.2. The fourth-order valence-corrected chi connectivity index (χ4v) is 3.84. The number of benzene rings is 1. The van der Waals surface area contributed by atoms with E-state index in [0.717, 1.165) is 43.3 Å². The van der Waals surface area contributed by atoms with Gasteiger partial charge < -0.3 is 9.64 Å². The molecule has 3 heterocycles. The van der Waals surface area contributed by atoms with E-state index < -0.39 is 0 Å². The summed E-state index contributed by atoms with van der Waals surface area (Å²) in [5.74, 6) is 1.96. The molecule has 28 heavy (non-hydrogen) atoms. The molecule has 0 amide bonds. The fraction of sp³-hybridized carbons (Fsp3) is 0.429. The molecule has 3 aromatic rings. The quantitative estimate of drug-likeness (QED) is 0.694. The Morgan fingerprint density at radius 3 is 2.50 bits per heavy atom. The van der Waals surface area contributed by atoms with Gasteiger partial charge in [0.1, 0.15) is 5.75 Å². The van der Waals surface area contributed by atoms with Crippen molar-refractivity contribution in [2.45, 2.75) is 33.2 Å². The molecule has 1 aromatic carbocycles. The predicted molar refractivity (Wildman–Crippen MR) is 109 cm³/mol. The number of piperidine rings is 1. The number of aryl methyl sites for hydroxylation is 2. The van der Waals surface area contributed by atoms with Gasteiger partial charge >= 0.3 is 0 Å². The van der Waals surface area contributed by atoms with E-state index in [2.05, 4.69) is 19.9 Å². The summed E-state index contributed by atoms with van der Waals surface area (Å²) in [6.07, 6.45) is 3.66. The average Bonchev–Trinajstić information content (AvgIpc) is 2.69. The molecule has 146 valence electrons. The molecule has 0 unspecified atom stereocenters. The number of methoxy groups -OCH3 is 1. The summed E-state index contributed by atoms with van der Waals surface area (Å²) in [5, 5.41) is 0.629. The monoisotopic (exact) mass is 379 g/mol. The van der Waals surface area contributed by atoms with Crippen molar-refractivity contribution in [3.05, 3.63) is 52.3 Å². The highest BCUT2D eigenvalue weighted by atomic mass is 16.5. The van der Waals surface area contributed by atoms with E-state index in [1.54, 1.807) is 36.2 Å². The zero-order valence-corrected chi connectivity index (χ0v) is 16.6. The zero-order valence-electron chi connectivity index (χ0n) is 16.6. The Bertz CT molecular complexity index is 1030. The highest BCUT2D eigenvalue weighted by Crippen LogP contribution is 2.23. The van der Waals surface area contributed by atoms with Crippen molar-refractivity contribution in [3.8, 4) is 5.75 Å². The van der Waals surface area contributed by atoms with Crippen molar-refractivity contribution < 1.29 is 4.74 Å². The number of fused-ring (bicyclic) bond motifs is 1. The van der Waals surface area contributed by atoms with Crippen LogP contribution in [0.4, 0.5) is 5.95 Å². The molecule has 1 aliphatic heterocycles. The molecule has 1 saturated heterocycles. The lowest BCUT2D eigenvalue weighted by Crippen LogP contribution is -2.37. The van der Waals surface area contributed by atoms with Gasteiger partial charge in [0.05, 0.1) is 24.3 Å². The van der Waals surface area contributed by atoms with Crippen molar-refractivity contribution in [3.63, 3.8) is 0 Å². The lowest BCUT2D eigenvalue weighted by atomic mass is 9.97. The van der Waals surface area contributed by atoms with Crippen LogP contribution in [0.1, 0.15) is 24.2 Å². The highest BCUT2D eigenvalue weighted by molar-refractivity contribution is 5.78. The number of hydrogen-bond donors (Lipinski definition) is 0. The van der Waals surface area contributed by atoms with E-state index in [9.17, 15) is 4.79 Å². The van der Waals surface area contributed by atoms with E-state index >= 15 is 0 Å². The summed E-state index contributed by atoms with van der Waals surface area (Å²) < 4.78 is 6.95. The predicted octanol–water partition coefficient (Wildman–Crippen LogP) is 2.73. The van der Waals surface area contributed by atoms with Crippen LogP contribution in [0, 0.1) is 19.8 Å². The van der Waals surface area contributed by atoms with Crippen molar-refractivity contribution in [1.29, 1.82) is 0 Å². The third-order valence-corrected chi connectivity index (χ3v) is 5.36. The van der Waals surface area contributed by atoms with Crippen LogP contribution in [0.25, 0.3) is 10.9 Å². The molecule has 0 saturated carbocycles. The van der Waals surface area contributed by atoms with Gasteiger partial charge in [-0.2, -0.15) is 0 Å². The van der Waals surface area contributed by atoms with Gasteiger partial charge in [0, 0.05) is 37.1 Å². The van der Waals surface area contributed by atoms with Crippen LogP contribution in [0.3, 0.4) is 0 Å². The summed E-state index contributed by atoms with van der Waals surface area (Å²) >= 11 is 0. The molecule has 7 heteroatoms. The SMILES string of the molecule is COc1ccc2c(=O)n(CC3CCN(c4nc(C)cc(C)n4)CC3)cnc2c1. The third kappa shape index (κ3) is 3.69. The largest absolute Gasteiger partial charge is 0.497 e. The molecular formula is C21H25N5O2. The molecule has 0 radical (unpaired) electrons. The van der Waals surface area contributed by atoms with Gasteiger partial charge in [-0.1, -0.05) is 0 Å². The van der Waals surface area contributed by atoms with Crippen molar-refractivity contribution >= 4 is 16.9 Å². The number of ether oxygens (including phenoxy) is 1. The van der Waals surface area contributed by atoms with E-state index in [-0.39, 0.29) is 5.56 Å². The summed E-state index contributed by atoms with van der Waals surface area (Å²) in [4.78, 5) is 28.6. The number of nitrogens with zero attached hydrogens (tertiary/aromatic N) is 5. The molecule has 1 aliphatic rings. The van der Waals surface area contributed by atoms with Gasteiger partial charge in [0.25, 0.3) is 5.56 Å². The van der Waals surface area contributed by atoms with Gasteiger partial charge in [0.2, 0.25) is 5.95 Å². The average molecular weight is 379 g/mol. The van der Waals surface area contributed by atoms with Gasteiger partial charge in [-0.25, -0.2) is 15.0 Å². The van der Waals surface area contributed by atoms with E-state index in [1.165, 1.54) is 0 Å². The molecule has 0 spiro atoms. The van der Waals surface area contributed by atoms with Gasteiger partial charge in [-0.3, -0.25) is 9.36 Å². The van der Waals surface area contributed by atoms with Gasteiger partial charge in [0.15, 0.2) is 0 Å². The first-order chi connectivity index (χ1) is 13.5. The maximum atomic E-state index is 12.8. The first-order valence-corrected chi connectivity index (χ1v) is 9.64. The lowest BCUT2D eigenvalue weighted by Gasteiger charge is -2.32. The first-order valence-electron chi connectivity index (χ1n) is 9.64. The Morgan fingerprint density at radius 1 is 1.11 bits per heavy atom. The Labute approximate surface area is 164 Å². The Kier molecular flexibility index (Phi) is 4.98. The van der Waals surface area contributed by atoms with Crippen LogP contribution < -0.4 is 15.2 Å². The van der Waals surface area contributed by atoms with Crippen molar-refractivity contribution in [2.24, 2.45) is 5.92 Å². The fourth-order valence-electron chi connectivity index (χ4n) is 3.84. The second-order valence-electron chi connectivity index (χ2n) is 7.47. The molecular weight excluding hydrogens is 354 g/mol. The standard InChI is InChI=1S/C21H25N5O2/c1-14-10-15(2)24-21(23-14)25-8-6-16(7-9-25)12-26-13-22-19-11-17(28-3)4-5-18(19)20(26)27/h4-5,10-11,13,16H,6-9,12H2,1-3H3. The summed E-state index contributed by atoms with van der Waals surface area (Å²) in [7, 11) is 1.61. The molecule has 0 bridgehead atoms. The smallest absolute Gasteiger partial charge is 0.261 e. The van der Waals surface area contributed by atoms with Crippen LogP contribution >= 0.6 is 0 Å². The molecule has 0 atom stereocenters. The second kappa shape index (κ2) is 7.58. The maximum Gasteiger partial charge on any atom is 0.261 e. The number of aromatic nitrogens is 4. The van der Waals surface area contributed by atoms with Crippen LogP contribution in [0.15, 0.2) is 35.4 Å². The molecule has 7 nitrogen and oxygen atoms in total. The van der Waals surface area contributed by atoms with Crippen LogP contribution in [0.5, 0.6) is 5.75 Å². The van der Waals surface area contributed by atoms with E-state index in [4.69, 9.17) is 4.74 Å². The highest BCUT2D eigenvalue weighted by Gasteiger charge is 2.22. The Hall–Kier alpha value is -2.96. The topological polar surface area (TPSA) is 73.1 Å². The minimum atomic E-state index is 0.00715. The number of hydrogen-bond acceptors (Lipinski definition) is 6. The zero-order chi connectivity index (χ0) is 19.7. The first kappa shape index (κ1) is 18.4. The number of anilines is 1. The minimum Gasteiger partial charge on any atom is -0.497 e. The van der Waals surface area contributed by atoms with Crippen LogP contribution in [-0.2, 0) is 6.54 Å². The Morgan fingerprint density at radius 2 is 1.82 bits per heavy atom. The minimum absolute atomic E-state index is 0.00715. The van der Waals surface area contributed by atoms with Gasteiger partial charge in [-0.15, -0.1) is 0 Å². The molecule has 1 fully saturated rings. The second-order valence-corrected chi connectivity index (χ2v) is 7.47. The van der Waals surface area contributed by atoms with E-state index in [0.29, 0.717) is 29.1 Å². The molecule has 4 rings (SSSR count). The van der Waals surface area contributed by atoms with Crippen LogP contribution in [0.2, 0.25) is 0 Å². The summed E-state index contributed by atoms with van der Waals surface area (Å²) in [5.41, 5.74) is 2.67. The molecule has 2 aromatic heterocycles. The van der Waals surface area contributed by atoms with Crippen LogP contribution in [-0.4, -0.2) is 39.7 Å². The Balaban J connectivity index is 1.46. The molecule has 0 aliphatic carbocycles. The maximum absolute atomic E-state index is 12.8. The summed E-state index contributed by atoms with van der Waals surface area (Å²) in [6, 6.07) is 7.38. The van der Waals surface area contributed by atoms with Gasteiger partial charge in [-0.05, 0) is 50.8 Å². The summed E-state index contributed by atoms with van der Waals surface area (Å²) in [6.45, 7) is 6.50. The van der Waals surface area contributed by atoms with Crippen molar-refractivity contribution in [2.75, 3.05) is 25.1 Å². The lowest BCUT2D eigenvalue weighted by molar-refractivity contribution is 0.350. The van der Waals surface area contributed by atoms with E-state index in [1.807, 2.05) is 19.9 Å². The third-order valence-electron chi connectivity index (χ3n) is 5.36. The van der Waals surface area contributed by atoms with Crippen molar-refractivity contribution in [1.82, 2.24) is 19.5 Å². The molecule has 0 N–H and O–H groups in total.